The van der Waals surface area contributed by atoms with Gasteiger partial charge in [0.2, 0.25) is 0 Å². The Morgan fingerprint density at radius 2 is 1.48 bits per heavy atom. The van der Waals surface area contributed by atoms with E-state index in [-0.39, 0.29) is 0 Å². The maximum atomic E-state index is 5.75. The van der Waals surface area contributed by atoms with E-state index in [2.05, 4.69) is 24.3 Å². The Morgan fingerprint density at radius 3 is 2.17 bits per heavy atom. The van der Waals surface area contributed by atoms with Gasteiger partial charge in [-0.15, -0.1) is 0 Å². The molecule has 0 amide bonds. The van der Waals surface area contributed by atoms with Gasteiger partial charge in [-0.1, -0.05) is 43.9 Å². The molecule has 0 atom stereocenters. The van der Waals surface area contributed by atoms with E-state index in [1.807, 2.05) is 14.2 Å². The van der Waals surface area contributed by atoms with Gasteiger partial charge in [-0.25, -0.2) is 0 Å². The highest BCUT2D eigenvalue weighted by Gasteiger charge is 2.30. The lowest BCUT2D eigenvalue weighted by molar-refractivity contribution is 0.177. The summed E-state index contributed by atoms with van der Waals surface area (Å²) in [4.78, 5) is 0. The van der Waals surface area contributed by atoms with Crippen molar-refractivity contribution in [3.05, 3.63) is 57.6 Å². The van der Waals surface area contributed by atoms with E-state index in [1.165, 1.54) is 84.7 Å². The highest BCUT2D eigenvalue weighted by Crippen LogP contribution is 2.47. The minimum absolute atomic E-state index is 0.674. The quantitative estimate of drug-likeness (QED) is 0.457. The topological polar surface area (TPSA) is 18.5 Å². The van der Waals surface area contributed by atoms with E-state index in [1.54, 1.807) is 11.1 Å². The van der Waals surface area contributed by atoms with Gasteiger partial charge in [0.1, 0.15) is 0 Å². The largest absolute Gasteiger partial charge is 0.380 e. The number of ether oxygens (including phenoxy) is 2. The number of benzene rings is 2. The van der Waals surface area contributed by atoms with Crippen LogP contribution >= 0.6 is 0 Å². The van der Waals surface area contributed by atoms with Gasteiger partial charge in [0.05, 0.1) is 13.2 Å². The maximum Gasteiger partial charge on any atom is 0.0718 e. The molecule has 2 aromatic carbocycles. The van der Waals surface area contributed by atoms with E-state index in [0.717, 1.165) is 18.9 Å². The van der Waals surface area contributed by atoms with Gasteiger partial charge < -0.3 is 9.47 Å². The first-order valence-electron chi connectivity index (χ1n) is 11.6. The summed E-state index contributed by atoms with van der Waals surface area (Å²) in [5, 5.41) is 0. The third-order valence-electron chi connectivity index (χ3n) is 7.64. The summed E-state index contributed by atoms with van der Waals surface area (Å²) in [7, 11) is 3.66. The zero-order chi connectivity index (χ0) is 19.8. The molecule has 0 unspecified atom stereocenters. The van der Waals surface area contributed by atoms with Crippen molar-refractivity contribution in [1.29, 1.82) is 0 Å². The first kappa shape index (κ1) is 19.3. The van der Waals surface area contributed by atoms with Crippen LogP contribution in [-0.4, -0.2) is 14.2 Å². The van der Waals surface area contributed by atoms with Gasteiger partial charge in [0, 0.05) is 14.2 Å². The third-order valence-corrected chi connectivity index (χ3v) is 7.64. The monoisotopic (exact) mass is 390 g/mol. The summed E-state index contributed by atoms with van der Waals surface area (Å²) in [5.41, 5.74) is 11.9. The standard InChI is InChI=1S/C27H34O2/c1-28-16-22-15-24-23-12-11-20(18-7-3-4-8-18)13-21(23)14-25(24)26(17-29-2)27(22)19-9-5-6-10-19/h11-13,15,18-19H,3-10,14,16-17H2,1-2H3. The molecule has 2 saturated carbocycles. The summed E-state index contributed by atoms with van der Waals surface area (Å²) in [6.45, 7) is 1.42. The van der Waals surface area contributed by atoms with Crippen LogP contribution in [0.3, 0.4) is 0 Å². The van der Waals surface area contributed by atoms with Crippen molar-refractivity contribution in [2.75, 3.05) is 14.2 Å². The molecule has 0 aliphatic heterocycles. The normalized spacial score (nSPS) is 19.1. The fourth-order valence-electron chi connectivity index (χ4n) is 6.33. The van der Waals surface area contributed by atoms with Crippen molar-refractivity contribution in [2.45, 2.75) is 82.8 Å². The number of hydrogen-bond acceptors (Lipinski definition) is 2. The van der Waals surface area contributed by atoms with E-state index < -0.39 is 0 Å². The number of fused-ring (bicyclic) bond motifs is 3. The number of hydrogen-bond donors (Lipinski definition) is 0. The zero-order valence-corrected chi connectivity index (χ0v) is 18.1. The van der Waals surface area contributed by atoms with Crippen LogP contribution < -0.4 is 0 Å². The summed E-state index contributed by atoms with van der Waals surface area (Å²) in [6.07, 6.45) is 11.9. The minimum Gasteiger partial charge on any atom is -0.380 e. The van der Waals surface area contributed by atoms with Crippen molar-refractivity contribution in [2.24, 2.45) is 0 Å². The van der Waals surface area contributed by atoms with Gasteiger partial charge in [0.15, 0.2) is 0 Å². The molecule has 0 aromatic heterocycles. The lowest BCUT2D eigenvalue weighted by Crippen LogP contribution is -2.10. The lowest BCUT2D eigenvalue weighted by atomic mass is 9.84. The van der Waals surface area contributed by atoms with Crippen LogP contribution in [-0.2, 0) is 29.1 Å². The molecule has 3 aliphatic rings. The molecule has 2 aromatic rings. The van der Waals surface area contributed by atoms with Crippen molar-refractivity contribution >= 4 is 0 Å². The van der Waals surface area contributed by atoms with Crippen molar-refractivity contribution in [1.82, 2.24) is 0 Å². The van der Waals surface area contributed by atoms with Crippen LogP contribution in [0.15, 0.2) is 24.3 Å². The van der Waals surface area contributed by atoms with E-state index in [0.29, 0.717) is 12.5 Å². The first-order chi connectivity index (χ1) is 14.3. The Labute approximate surface area is 175 Å². The molecule has 29 heavy (non-hydrogen) atoms. The van der Waals surface area contributed by atoms with E-state index in [9.17, 15) is 0 Å². The fourth-order valence-corrected chi connectivity index (χ4v) is 6.33. The molecule has 0 bridgehead atoms. The van der Waals surface area contributed by atoms with Gasteiger partial charge >= 0.3 is 0 Å². The second-order valence-corrected chi connectivity index (χ2v) is 9.38. The lowest BCUT2D eigenvalue weighted by Gasteiger charge is -2.23. The average molecular weight is 391 g/mol. The van der Waals surface area contributed by atoms with Gasteiger partial charge in [-0.2, -0.15) is 0 Å². The Hall–Kier alpha value is -1.64. The first-order valence-corrected chi connectivity index (χ1v) is 11.6. The molecule has 3 aliphatic carbocycles. The molecule has 0 N–H and O–H groups in total. The molecule has 5 rings (SSSR count). The average Bonchev–Trinajstić information content (AvgIpc) is 3.49. The van der Waals surface area contributed by atoms with Crippen LogP contribution in [0.4, 0.5) is 0 Å². The Morgan fingerprint density at radius 1 is 0.793 bits per heavy atom. The molecule has 0 heterocycles. The van der Waals surface area contributed by atoms with Crippen LogP contribution in [0.25, 0.3) is 11.1 Å². The second kappa shape index (κ2) is 8.24. The van der Waals surface area contributed by atoms with Crippen molar-refractivity contribution in [3.63, 3.8) is 0 Å². The summed E-state index contributed by atoms with van der Waals surface area (Å²) >= 11 is 0. The SMILES string of the molecule is COCc1cc2c(c(COC)c1C1CCCC1)Cc1cc(C3CCCC3)ccc1-2. The smallest absolute Gasteiger partial charge is 0.0718 e. The molecule has 0 spiro atoms. The van der Waals surface area contributed by atoms with Gasteiger partial charge in [-0.05, 0) is 94.5 Å². The van der Waals surface area contributed by atoms with Crippen LogP contribution in [0, 0.1) is 0 Å². The summed E-state index contributed by atoms with van der Waals surface area (Å²) < 4.78 is 11.4. The zero-order valence-electron chi connectivity index (χ0n) is 18.1. The molecular formula is C27H34O2. The third kappa shape index (κ3) is 3.45. The summed E-state index contributed by atoms with van der Waals surface area (Å²) in [6, 6.07) is 9.78. The van der Waals surface area contributed by atoms with Gasteiger partial charge in [0.25, 0.3) is 0 Å². The van der Waals surface area contributed by atoms with Crippen molar-refractivity contribution < 1.29 is 9.47 Å². The highest BCUT2D eigenvalue weighted by atomic mass is 16.5. The van der Waals surface area contributed by atoms with Crippen LogP contribution in [0.1, 0.15) is 96.6 Å². The summed E-state index contributed by atoms with van der Waals surface area (Å²) in [5.74, 6) is 1.45. The van der Waals surface area contributed by atoms with Crippen LogP contribution in [0.5, 0.6) is 0 Å². The predicted octanol–water partition coefficient (Wildman–Crippen LogP) is 6.87. The Bertz CT molecular complexity index is 886. The predicted molar refractivity (Wildman–Crippen MR) is 119 cm³/mol. The van der Waals surface area contributed by atoms with Crippen LogP contribution in [0.2, 0.25) is 0 Å². The van der Waals surface area contributed by atoms with Crippen molar-refractivity contribution in [3.8, 4) is 11.1 Å². The molecule has 154 valence electrons. The van der Waals surface area contributed by atoms with E-state index in [4.69, 9.17) is 9.47 Å². The minimum atomic E-state index is 0.674. The Balaban J connectivity index is 1.61. The maximum absolute atomic E-state index is 5.75. The fraction of sp³-hybridized carbons (Fsp3) is 0.556. The van der Waals surface area contributed by atoms with E-state index >= 15 is 0 Å². The molecule has 2 heteroatoms. The molecule has 2 nitrogen and oxygen atoms in total. The number of methoxy groups -OCH3 is 2. The second-order valence-electron chi connectivity index (χ2n) is 9.38. The Kier molecular flexibility index (Phi) is 5.49. The molecule has 0 radical (unpaired) electrons. The molecule has 0 saturated heterocycles. The number of rotatable bonds is 6. The molecular weight excluding hydrogens is 356 g/mol. The van der Waals surface area contributed by atoms with Gasteiger partial charge in [-0.3, -0.25) is 0 Å². The highest BCUT2D eigenvalue weighted by molar-refractivity contribution is 5.80. The molecule has 2 fully saturated rings.